The maximum Gasteiger partial charge on any atom is 0.162 e. The largest absolute Gasteiger partial charge is 0.486 e. The summed E-state index contributed by atoms with van der Waals surface area (Å²) in [4.78, 5) is 5.75. The van der Waals surface area contributed by atoms with Gasteiger partial charge in [-0.3, -0.25) is 0 Å². The van der Waals surface area contributed by atoms with Crippen molar-refractivity contribution in [3.8, 4) is 22.3 Å². The van der Waals surface area contributed by atoms with Crippen LogP contribution in [0.3, 0.4) is 0 Å². The number of rotatable bonds is 4. The second-order valence-corrected chi connectivity index (χ2v) is 6.62. The van der Waals surface area contributed by atoms with Crippen molar-refractivity contribution in [2.45, 2.75) is 10.6 Å². The van der Waals surface area contributed by atoms with Crippen LogP contribution in [0.15, 0.2) is 51.3 Å². The summed E-state index contributed by atoms with van der Waals surface area (Å²) in [5, 5.41) is 2.99. The van der Waals surface area contributed by atoms with E-state index in [0.29, 0.717) is 13.2 Å². The molecular formula is C16H13NO3S2. The monoisotopic (exact) mass is 331 g/mol. The van der Waals surface area contributed by atoms with E-state index in [2.05, 4.69) is 16.4 Å². The normalized spacial score (nSPS) is 13.3. The van der Waals surface area contributed by atoms with Gasteiger partial charge in [0.2, 0.25) is 0 Å². The van der Waals surface area contributed by atoms with E-state index < -0.39 is 0 Å². The molecule has 0 spiro atoms. The van der Waals surface area contributed by atoms with E-state index in [-0.39, 0.29) is 0 Å². The third kappa shape index (κ3) is 2.84. The zero-order chi connectivity index (χ0) is 14.8. The van der Waals surface area contributed by atoms with E-state index >= 15 is 0 Å². The predicted molar refractivity (Wildman–Crippen MR) is 86.8 cm³/mol. The van der Waals surface area contributed by atoms with E-state index in [0.717, 1.165) is 38.6 Å². The molecule has 0 aliphatic carbocycles. The Morgan fingerprint density at radius 1 is 1.14 bits per heavy atom. The predicted octanol–water partition coefficient (Wildman–Crippen LogP) is 4.47. The molecule has 1 aromatic carbocycles. The van der Waals surface area contributed by atoms with Gasteiger partial charge in [0, 0.05) is 16.0 Å². The number of ether oxygens (including phenoxy) is 2. The molecule has 0 N–H and O–H groups in total. The molecule has 22 heavy (non-hydrogen) atoms. The smallest absolute Gasteiger partial charge is 0.162 e. The Bertz CT molecular complexity index is 768. The third-order valence-corrected chi connectivity index (χ3v) is 5.12. The van der Waals surface area contributed by atoms with Crippen LogP contribution >= 0.6 is 23.1 Å². The number of fused-ring (bicyclic) bond motifs is 1. The summed E-state index contributed by atoms with van der Waals surface area (Å²) in [6.07, 6.45) is 1.67. The number of thiazole rings is 1. The topological polar surface area (TPSA) is 44.5 Å². The molecule has 112 valence electrons. The fourth-order valence-corrected chi connectivity index (χ4v) is 3.87. The van der Waals surface area contributed by atoms with Crippen LogP contribution in [-0.2, 0) is 5.75 Å². The number of nitrogens with zero attached hydrogens (tertiary/aromatic N) is 1. The second kappa shape index (κ2) is 6.06. The van der Waals surface area contributed by atoms with Crippen molar-refractivity contribution in [1.29, 1.82) is 0 Å². The maximum absolute atomic E-state index is 5.60. The van der Waals surface area contributed by atoms with Crippen molar-refractivity contribution in [2.75, 3.05) is 13.2 Å². The molecule has 4 nitrogen and oxygen atoms in total. The first kappa shape index (κ1) is 13.7. The third-order valence-electron chi connectivity index (χ3n) is 3.18. The van der Waals surface area contributed by atoms with Crippen LogP contribution in [0.1, 0.15) is 5.69 Å². The van der Waals surface area contributed by atoms with Crippen LogP contribution < -0.4 is 9.47 Å². The van der Waals surface area contributed by atoms with Crippen LogP contribution in [-0.4, -0.2) is 18.2 Å². The molecular weight excluding hydrogens is 318 g/mol. The fourth-order valence-electron chi connectivity index (χ4n) is 2.16. The first-order valence-corrected chi connectivity index (χ1v) is 8.76. The van der Waals surface area contributed by atoms with E-state index in [1.54, 1.807) is 29.4 Å². The van der Waals surface area contributed by atoms with Gasteiger partial charge in [-0.15, -0.1) is 23.1 Å². The Hall–Kier alpha value is -1.92. The number of benzene rings is 1. The highest BCUT2D eigenvalue weighted by molar-refractivity contribution is 7.98. The molecule has 3 heterocycles. The van der Waals surface area contributed by atoms with Crippen LogP contribution in [0.5, 0.6) is 11.5 Å². The molecule has 6 heteroatoms. The van der Waals surface area contributed by atoms with Crippen molar-refractivity contribution in [2.24, 2.45) is 0 Å². The highest BCUT2D eigenvalue weighted by Crippen LogP contribution is 2.35. The van der Waals surface area contributed by atoms with Gasteiger partial charge in [0.15, 0.2) is 22.3 Å². The van der Waals surface area contributed by atoms with Crippen molar-refractivity contribution in [3.05, 3.63) is 47.7 Å². The number of thioether (sulfide) groups is 1. The first-order chi connectivity index (χ1) is 10.9. The van der Waals surface area contributed by atoms with E-state index in [4.69, 9.17) is 13.9 Å². The highest BCUT2D eigenvalue weighted by Gasteiger charge is 2.12. The van der Waals surface area contributed by atoms with Crippen molar-refractivity contribution < 1.29 is 13.9 Å². The van der Waals surface area contributed by atoms with Crippen LogP contribution in [0.25, 0.3) is 10.8 Å². The molecule has 0 radical (unpaired) electrons. The summed E-state index contributed by atoms with van der Waals surface area (Å²) < 4.78 is 16.5. The molecule has 0 saturated heterocycles. The lowest BCUT2D eigenvalue weighted by molar-refractivity contribution is 0.171. The Kier molecular flexibility index (Phi) is 3.78. The molecule has 0 atom stereocenters. The van der Waals surface area contributed by atoms with Gasteiger partial charge in [0.25, 0.3) is 0 Å². The lowest BCUT2D eigenvalue weighted by Gasteiger charge is -2.18. The quantitative estimate of drug-likeness (QED) is 0.660. The maximum atomic E-state index is 5.60. The molecule has 1 aliphatic heterocycles. The highest BCUT2D eigenvalue weighted by atomic mass is 32.2. The minimum Gasteiger partial charge on any atom is -0.486 e. The summed E-state index contributed by atoms with van der Waals surface area (Å²) in [6.45, 7) is 1.23. The molecule has 4 rings (SSSR count). The SMILES string of the molecule is c1coc(-c2nc(CSc3ccc4c(c3)OCCO4)cs2)c1. The number of hydrogen-bond donors (Lipinski definition) is 0. The minimum absolute atomic E-state index is 0.611. The minimum atomic E-state index is 0.611. The standard InChI is InChI=1S/C16H13NO3S2/c1-2-14(18-5-1)16-17-11(10-22-16)9-21-12-3-4-13-15(8-12)20-7-6-19-13/h1-5,8,10H,6-7,9H2. The van der Waals surface area contributed by atoms with Crippen LogP contribution in [0, 0.1) is 0 Å². The van der Waals surface area contributed by atoms with Crippen LogP contribution in [0.4, 0.5) is 0 Å². The van der Waals surface area contributed by atoms with Gasteiger partial charge in [-0.05, 0) is 30.3 Å². The van der Waals surface area contributed by atoms with Gasteiger partial charge in [-0.25, -0.2) is 4.98 Å². The molecule has 0 bridgehead atoms. The molecule has 0 saturated carbocycles. The summed E-state index contributed by atoms with van der Waals surface area (Å²) in [6, 6.07) is 9.85. The Balaban J connectivity index is 1.44. The Labute approximate surface area is 136 Å². The van der Waals surface area contributed by atoms with Crippen LogP contribution in [0.2, 0.25) is 0 Å². The summed E-state index contributed by atoms with van der Waals surface area (Å²) >= 11 is 3.34. The van der Waals surface area contributed by atoms with Crippen molar-refractivity contribution in [3.63, 3.8) is 0 Å². The fraction of sp³-hybridized carbons (Fsp3) is 0.188. The lowest BCUT2D eigenvalue weighted by Crippen LogP contribution is -2.15. The Morgan fingerprint density at radius 2 is 2.05 bits per heavy atom. The second-order valence-electron chi connectivity index (χ2n) is 4.72. The first-order valence-electron chi connectivity index (χ1n) is 6.89. The molecule has 0 unspecified atom stereocenters. The van der Waals surface area contributed by atoms with Gasteiger partial charge in [0.05, 0.1) is 12.0 Å². The van der Waals surface area contributed by atoms with E-state index in [9.17, 15) is 0 Å². The zero-order valence-electron chi connectivity index (χ0n) is 11.7. The molecule has 0 fully saturated rings. The van der Waals surface area contributed by atoms with Crippen molar-refractivity contribution >= 4 is 23.1 Å². The molecule has 1 aliphatic rings. The van der Waals surface area contributed by atoms with Gasteiger partial charge in [0.1, 0.15) is 13.2 Å². The number of aromatic nitrogens is 1. The van der Waals surface area contributed by atoms with E-state index in [1.165, 1.54) is 0 Å². The number of furan rings is 1. The summed E-state index contributed by atoms with van der Waals surface area (Å²) in [5.74, 6) is 3.28. The molecule has 0 amide bonds. The zero-order valence-corrected chi connectivity index (χ0v) is 13.3. The summed E-state index contributed by atoms with van der Waals surface area (Å²) in [7, 11) is 0. The Morgan fingerprint density at radius 3 is 2.91 bits per heavy atom. The van der Waals surface area contributed by atoms with Crippen molar-refractivity contribution in [1.82, 2.24) is 4.98 Å². The average Bonchev–Trinajstić information content (AvgIpc) is 3.24. The lowest BCUT2D eigenvalue weighted by atomic mass is 10.3. The number of hydrogen-bond acceptors (Lipinski definition) is 6. The van der Waals surface area contributed by atoms with Gasteiger partial charge < -0.3 is 13.9 Å². The average molecular weight is 331 g/mol. The van der Waals surface area contributed by atoms with Gasteiger partial charge >= 0.3 is 0 Å². The molecule has 3 aromatic rings. The molecule has 2 aromatic heterocycles. The van der Waals surface area contributed by atoms with E-state index in [1.807, 2.05) is 24.3 Å². The van der Waals surface area contributed by atoms with Gasteiger partial charge in [-0.2, -0.15) is 0 Å². The summed E-state index contributed by atoms with van der Waals surface area (Å²) in [5.41, 5.74) is 1.05. The van der Waals surface area contributed by atoms with Gasteiger partial charge in [-0.1, -0.05) is 0 Å².